The van der Waals surface area contributed by atoms with Gasteiger partial charge in [-0.1, -0.05) is 12.1 Å². The van der Waals surface area contributed by atoms with Crippen LogP contribution in [0.15, 0.2) is 29.6 Å². The highest BCUT2D eigenvalue weighted by atomic mass is 32.2. The van der Waals surface area contributed by atoms with Crippen molar-refractivity contribution in [2.45, 2.75) is 0 Å². The molecule has 0 bridgehead atoms. The van der Waals surface area contributed by atoms with Crippen LogP contribution in [0.4, 0.5) is 10.8 Å². The molecule has 1 saturated heterocycles. The molecule has 2 aromatic rings. The number of thiazole rings is 1. The van der Waals surface area contributed by atoms with Crippen molar-refractivity contribution >= 4 is 43.9 Å². The average Bonchev–Trinajstić information content (AvgIpc) is 2.97. The van der Waals surface area contributed by atoms with Crippen molar-refractivity contribution in [2.24, 2.45) is 0 Å². The van der Waals surface area contributed by atoms with Crippen LogP contribution in [0.2, 0.25) is 0 Å². The van der Waals surface area contributed by atoms with E-state index in [4.69, 9.17) is 4.98 Å². The molecule has 5 nitrogen and oxygen atoms in total. The van der Waals surface area contributed by atoms with Gasteiger partial charge in [-0.3, -0.25) is 4.72 Å². The molecule has 1 N–H and O–H groups in total. The Morgan fingerprint density at radius 2 is 1.86 bits per heavy atom. The molecule has 8 heteroatoms. The largest absolute Gasteiger partial charge is 0.346 e. The van der Waals surface area contributed by atoms with Crippen molar-refractivity contribution in [3.05, 3.63) is 29.6 Å². The van der Waals surface area contributed by atoms with E-state index in [2.05, 4.69) is 15.0 Å². The summed E-state index contributed by atoms with van der Waals surface area (Å²) in [4.78, 5) is 7.03. The van der Waals surface area contributed by atoms with Gasteiger partial charge in [-0.25, -0.2) is 13.4 Å². The number of nitrogens with one attached hydrogen (secondary N) is 1. The monoisotopic (exact) mass is 355 g/mol. The standard InChI is InChI=1S/C14H17N3O2S3/c1-22(18,19)16-12-4-2-11(3-5-12)13-10-21-14(15-13)17-6-8-20-9-7-17/h2-5,10,16H,6-9H2,1H3. The van der Waals surface area contributed by atoms with Crippen LogP contribution < -0.4 is 9.62 Å². The summed E-state index contributed by atoms with van der Waals surface area (Å²) in [6.07, 6.45) is 1.14. The summed E-state index contributed by atoms with van der Waals surface area (Å²) in [6.45, 7) is 2.10. The number of rotatable bonds is 4. The van der Waals surface area contributed by atoms with Gasteiger partial charge in [0.05, 0.1) is 11.9 Å². The lowest BCUT2D eigenvalue weighted by Crippen LogP contribution is -2.32. The molecule has 118 valence electrons. The topological polar surface area (TPSA) is 62.3 Å². The van der Waals surface area contributed by atoms with Crippen molar-refractivity contribution in [3.8, 4) is 11.3 Å². The van der Waals surface area contributed by atoms with E-state index in [1.807, 2.05) is 23.9 Å². The minimum Gasteiger partial charge on any atom is -0.346 e. The summed E-state index contributed by atoms with van der Waals surface area (Å²) in [5, 5.41) is 3.12. The van der Waals surface area contributed by atoms with Crippen molar-refractivity contribution in [1.29, 1.82) is 0 Å². The van der Waals surface area contributed by atoms with Crippen LogP contribution in [0.3, 0.4) is 0 Å². The molecule has 1 fully saturated rings. The van der Waals surface area contributed by atoms with Gasteiger partial charge < -0.3 is 4.90 Å². The first kappa shape index (κ1) is 15.6. The van der Waals surface area contributed by atoms with E-state index >= 15 is 0 Å². The first-order valence-electron chi connectivity index (χ1n) is 6.88. The molecule has 1 aromatic carbocycles. The molecule has 0 saturated carbocycles. The second-order valence-corrected chi connectivity index (χ2v) is 8.88. The summed E-state index contributed by atoms with van der Waals surface area (Å²) in [5.74, 6) is 2.31. The van der Waals surface area contributed by atoms with Crippen molar-refractivity contribution in [1.82, 2.24) is 4.98 Å². The molecule has 0 unspecified atom stereocenters. The van der Waals surface area contributed by atoms with Crippen LogP contribution in [0, 0.1) is 0 Å². The maximum Gasteiger partial charge on any atom is 0.229 e. The van der Waals surface area contributed by atoms with E-state index in [9.17, 15) is 8.42 Å². The summed E-state index contributed by atoms with van der Waals surface area (Å²) < 4.78 is 24.9. The maximum absolute atomic E-state index is 11.2. The number of hydrogen-bond donors (Lipinski definition) is 1. The number of nitrogens with zero attached hydrogens (tertiary/aromatic N) is 2. The molecular formula is C14H17N3O2S3. The average molecular weight is 356 g/mol. The molecule has 0 radical (unpaired) electrons. The van der Waals surface area contributed by atoms with Gasteiger partial charge in [0.25, 0.3) is 0 Å². The van der Waals surface area contributed by atoms with Gasteiger partial charge in [-0.05, 0) is 12.1 Å². The Balaban J connectivity index is 1.75. The fourth-order valence-corrected chi connectivity index (χ4v) is 4.58. The Kier molecular flexibility index (Phi) is 4.60. The second kappa shape index (κ2) is 6.47. The zero-order valence-electron chi connectivity index (χ0n) is 12.2. The number of benzene rings is 1. The highest BCUT2D eigenvalue weighted by Gasteiger charge is 2.15. The lowest BCUT2D eigenvalue weighted by Gasteiger charge is -2.25. The highest BCUT2D eigenvalue weighted by Crippen LogP contribution is 2.29. The predicted octanol–water partition coefficient (Wildman–Crippen LogP) is 2.73. The molecule has 0 aliphatic carbocycles. The zero-order valence-corrected chi connectivity index (χ0v) is 14.6. The minimum absolute atomic E-state index is 0.565. The molecule has 1 aliphatic heterocycles. The first-order chi connectivity index (χ1) is 10.5. The van der Waals surface area contributed by atoms with E-state index in [0.717, 1.165) is 47.2 Å². The number of sulfonamides is 1. The van der Waals surface area contributed by atoms with Gasteiger partial charge in [0, 0.05) is 41.2 Å². The lowest BCUT2D eigenvalue weighted by atomic mass is 10.1. The molecule has 22 heavy (non-hydrogen) atoms. The molecule has 2 heterocycles. The Morgan fingerprint density at radius 1 is 1.18 bits per heavy atom. The van der Waals surface area contributed by atoms with Crippen LogP contribution in [-0.2, 0) is 10.0 Å². The number of hydrogen-bond acceptors (Lipinski definition) is 6. The van der Waals surface area contributed by atoms with Crippen LogP contribution in [-0.4, -0.2) is 44.3 Å². The molecule has 0 spiro atoms. The summed E-state index contributed by atoms with van der Waals surface area (Å²) >= 11 is 3.64. The van der Waals surface area contributed by atoms with Gasteiger partial charge in [0.15, 0.2) is 5.13 Å². The summed E-state index contributed by atoms with van der Waals surface area (Å²) in [6, 6.07) is 7.29. The summed E-state index contributed by atoms with van der Waals surface area (Å²) in [7, 11) is -3.24. The van der Waals surface area contributed by atoms with Crippen LogP contribution in [0.5, 0.6) is 0 Å². The quantitative estimate of drug-likeness (QED) is 0.914. The number of thioether (sulfide) groups is 1. The van der Waals surface area contributed by atoms with E-state index in [1.54, 1.807) is 23.5 Å². The zero-order chi connectivity index (χ0) is 15.6. The van der Waals surface area contributed by atoms with Crippen LogP contribution >= 0.6 is 23.1 Å². The number of aromatic nitrogens is 1. The molecular weight excluding hydrogens is 338 g/mol. The van der Waals surface area contributed by atoms with Crippen LogP contribution in [0.25, 0.3) is 11.3 Å². The fourth-order valence-electron chi connectivity index (χ4n) is 2.22. The van der Waals surface area contributed by atoms with Gasteiger partial charge in [0.2, 0.25) is 10.0 Å². The summed E-state index contributed by atoms with van der Waals surface area (Å²) in [5.41, 5.74) is 2.49. The van der Waals surface area contributed by atoms with E-state index in [1.165, 1.54) is 0 Å². The lowest BCUT2D eigenvalue weighted by molar-refractivity contribution is 0.607. The van der Waals surface area contributed by atoms with E-state index in [0.29, 0.717) is 5.69 Å². The Morgan fingerprint density at radius 3 is 2.50 bits per heavy atom. The predicted molar refractivity (Wildman–Crippen MR) is 95.6 cm³/mol. The Labute approximate surface area is 138 Å². The smallest absolute Gasteiger partial charge is 0.229 e. The number of anilines is 2. The minimum atomic E-state index is -3.24. The molecule has 0 amide bonds. The molecule has 0 atom stereocenters. The third-order valence-electron chi connectivity index (χ3n) is 3.26. The third-order valence-corrected chi connectivity index (χ3v) is 5.71. The highest BCUT2D eigenvalue weighted by molar-refractivity contribution is 7.99. The van der Waals surface area contributed by atoms with Gasteiger partial charge in [-0.2, -0.15) is 11.8 Å². The first-order valence-corrected chi connectivity index (χ1v) is 10.8. The molecule has 3 rings (SSSR count). The van der Waals surface area contributed by atoms with E-state index in [-0.39, 0.29) is 0 Å². The van der Waals surface area contributed by atoms with Crippen molar-refractivity contribution in [3.63, 3.8) is 0 Å². The van der Waals surface area contributed by atoms with Gasteiger partial charge in [-0.15, -0.1) is 11.3 Å². The molecule has 1 aromatic heterocycles. The second-order valence-electron chi connectivity index (χ2n) is 5.07. The Bertz CT molecular complexity index is 735. The van der Waals surface area contributed by atoms with Crippen LogP contribution in [0.1, 0.15) is 0 Å². The normalized spacial score (nSPS) is 15.8. The molecule has 1 aliphatic rings. The SMILES string of the molecule is CS(=O)(=O)Nc1ccc(-c2csc(N3CCSCC3)n2)cc1. The fraction of sp³-hybridized carbons (Fsp3) is 0.357. The van der Waals surface area contributed by atoms with Crippen molar-refractivity contribution in [2.75, 3.05) is 40.5 Å². The Hall–Kier alpha value is -1.25. The third kappa shape index (κ3) is 3.93. The van der Waals surface area contributed by atoms with Gasteiger partial charge in [0.1, 0.15) is 0 Å². The van der Waals surface area contributed by atoms with Crippen molar-refractivity contribution < 1.29 is 8.42 Å². The maximum atomic E-state index is 11.2. The van der Waals surface area contributed by atoms with E-state index < -0.39 is 10.0 Å². The van der Waals surface area contributed by atoms with Gasteiger partial charge >= 0.3 is 0 Å².